The van der Waals surface area contributed by atoms with Gasteiger partial charge in [-0.25, -0.2) is 0 Å². The van der Waals surface area contributed by atoms with Crippen LogP contribution in [0.4, 0.5) is 0 Å². The molecule has 0 bridgehead atoms. The lowest BCUT2D eigenvalue weighted by Gasteiger charge is -1.97. The van der Waals surface area contributed by atoms with E-state index in [9.17, 15) is 4.79 Å². The van der Waals surface area contributed by atoms with E-state index < -0.39 is 0 Å². The van der Waals surface area contributed by atoms with E-state index in [1.807, 2.05) is 0 Å². The molecule has 0 aliphatic carbocycles. The van der Waals surface area contributed by atoms with Crippen molar-refractivity contribution in [2.75, 3.05) is 7.11 Å². The lowest BCUT2D eigenvalue weighted by atomic mass is 10.1. The van der Waals surface area contributed by atoms with Gasteiger partial charge in [0.1, 0.15) is 0 Å². The molecule has 0 spiro atoms. The van der Waals surface area contributed by atoms with Gasteiger partial charge in [0.05, 0.1) is 13.5 Å². The van der Waals surface area contributed by atoms with Crippen LogP contribution >= 0.6 is 0 Å². The van der Waals surface area contributed by atoms with Crippen molar-refractivity contribution < 1.29 is 9.53 Å². The van der Waals surface area contributed by atoms with Crippen LogP contribution in [0.2, 0.25) is 0 Å². The molecular formula is C9H17O2. The van der Waals surface area contributed by atoms with Crippen LogP contribution in [0.1, 0.15) is 39.0 Å². The fourth-order valence-corrected chi connectivity index (χ4v) is 0.874. The molecule has 11 heavy (non-hydrogen) atoms. The second-order valence-corrected chi connectivity index (χ2v) is 2.58. The highest BCUT2D eigenvalue weighted by molar-refractivity contribution is 5.78. The van der Waals surface area contributed by atoms with E-state index in [4.69, 9.17) is 0 Å². The number of unbranched alkanes of at least 4 members (excludes halogenated alkanes) is 4. The molecule has 65 valence electrons. The smallest absolute Gasteiger partial charge is 0.309 e. The number of carbonyl (C=O) groups excluding carboxylic acids is 1. The predicted molar refractivity (Wildman–Crippen MR) is 45.1 cm³/mol. The summed E-state index contributed by atoms with van der Waals surface area (Å²) in [6, 6.07) is 0. The number of methoxy groups -OCH3 is 1. The first-order chi connectivity index (χ1) is 5.31. The van der Waals surface area contributed by atoms with Gasteiger partial charge in [-0.15, -0.1) is 0 Å². The first-order valence-electron chi connectivity index (χ1n) is 4.22. The molecule has 0 aliphatic rings. The molecule has 2 nitrogen and oxygen atoms in total. The van der Waals surface area contributed by atoms with Crippen molar-refractivity contribution in [2.45, 2.75) is 39.0 Å². The minimum Gasteiger partial charge on any atom is -0.469 e. The third-order valence-corrected chi connectivity index (χ3v) is 1.57. The summed E-state index contributed by atoms with van der Waals surface area (Å²) in [6.07, 6.45) is 7.27. The number of hydrogen-bond donors (Lipinski definition) is 0. The second-order valence-electron chi connectivity index (χ2n) is 2.58. The fraction of sp³-hybridized carbons (Fsp3) is 0.778. The van der Waals surface area contributed by atoms with E-state index in [2.05, 4.69) is 11.7 Å². The van der Waals surface area contributed by atoms with E-state index in [0.29, 0.717) is 0 Å². The first kappa shape index (κ1) is 10.5. The highest BCUT2D eigenvalue weighted by atomic mass is 16.5. The van der Waals surface area contributed by atoms with E-state index in [0.717, 1.165) is 12.8 Å². The van der Waals surface area contributed by atoms with Crippen LogP contribution < -0.4 is 0 Å². The quantitative estimate of drug-likeness (QED) is 0.437. The maximum Gasteiger partial charge on any atom is 0.309 e. The Morgan fingerprint density at radius 1 is 1.36 bits per heavy atom. The number of rotatable bonds is 6. The molecule has 0 saturated heterocycles. The molecule has 0 aromatic carbocycles. The highest BCUT2D eigenvalue weighted by Gasteiger charge is 1.98. The summed E-state index contributed by atoms with van der Waals surface area (Å²) < 4.78 is 4.46. The van der Waals surface area contributed by atoms with Crippen molar-refractivity contribution >= 4 is 5.97 Å². The molecule has 0 aromatic heterocycles. The largest absolute Gasteiger partial charge is 0.469 e. The van der Waals surface area contributed by atoms with Gasteiger partial charge in [0.2, 0.25) is 0 Å². The number of esters is 1. The van der Waals surface area contributed by atoms with Crippen LogP contribution in [0, 0.1) is 6.42 Å². The molecule has 0 saturated carbocycles. The Kier molecular flexibility index (Phi) is 7.21. The third-order valence-electron chi connectivity index (χ3n) is 1.57. The molecule has 0 N–H and O–H groups in total. The minimum absolute atomic E-state index is 0.207. The summed E-state index contributed by atoms with van der Waals surface area (Å²) in [5, 5.41) is 0. The Morgan fingerprint density at radius 2 is 2.09 bits per heavy atom. The monoisotopic (exact) mass is 157 g/mol. The van der Waals surface area contributed by atoms with Gasteiger partial charge in [-0.1, -0.05) is 32.6 Å². The number of hydrogen-bond acceptors (Lipinski definition) is 2. The molecule has 0 aliphatic heterocycles. The normalized spacial score (nSPS) is 9.64. The van der Waals surface area contributed by atoms with Gasteiger partial charge < -0.3 is 4.74 Å². The van der Waals surface area contributed by atoms with Crippen LogP contribution in [0.5, 0.6) is 0 Å². The molecular weight excluding hydrogens is 140 g/mol. The van der Waals surface area contributed by atoms with E-state index in [-0.39, 0.29) is 5.97 Å². The predicted octanol–water partition coefficient (Wildman–Crippen LogP) is 2.33. The Hall–Kier alpha value is -0.530. The zero-order chi connectivity index (χ0) is 8.53. The molecule has 0 aromatic rings. The first-order valence-corrected chi connectivity index (χ1v) is 4.22. The molecule has 0 unspecified atom stereocenters. The minimum atomic E-state index is -0.207. The maximum atomic E-state index is 10.6. The standard InChI is InChI=1S/C9H17O2/c1-3-4-5-6-7-8-9(10)11-2/h8H,3-7H2,1-2H3. The van der Waals surface area contributed by atoms with Gasteiger partial charge in [-0.3, -0.25) is 4.79 Å². The Labute approximate surface area is 68.9 Å². The van der Waals surface area contributed by atoms with Gasteiger partial charge >= 0.3 is 5.97 Å². The van der Waals surface area contributed by atoms with Gasteiger partial charge in [0, 0.05) is 0 Å². The SMILES string of the molecule is CCCCCC[CH]C(=O)OC. The van der Waals surface area contributed by atoms with Gasteiger partial charge in [-0.05, 0) is 6.42 Å². The maximum absolute atomic E-state index is 10.6. The van der Waals surface area contributed by atoms with Gasteiger partial charge in [0.15, 0.2) is 0 Å². The molecule has 0 amide bonds. The Bertz CT molecular complexity index is 99.7. The number of carbonyl (C=O) groups is 1. The summed E-state index contributed by atoms with van der Waals surface area (Å²) in [7, 11) is 1.41. The van der Waals surface area contributed by atoms with Crippen LogP contribution in [-0.2, 0) is 9.53 Å². The van der Waals surface area contributed by atoms with Crippen molar-refractivity contribution in [3.05, 3.63) is 6.42 Å². The zero-order valence-corrected chi connectivity index (χ0v) is 7.43. The van der Waals surface area contributed by atoms with Crippen LogP contribution in [0.15, 0.2) is 0 Å². The Morgan fingerprint density at radius 3 is 2.64 bits per heavy atom. The van der Waals surface area contributed by atoms with E-state index >= 15 is 0 Å². The molecule has 0 fully saturated rings. The van der Waals surface area contributed by atoms with Gasteiger partial charge in [0.25, 0.3) is 0 Å². The van der Waals surface area contributed by atoms with Crippen molar-refractivity contribution in [3.63, 3.8) is 0 Å². The number of ether oxygens (including phenoxy) is 1. The average molecular weight is 157 g/mol. The second kappa shape index (κ2) is 7.58. The molecule has 0 heterocycles. The lowest BCUT2D eigenvalue weighted by molar-refractivity contribution is -0.136. The fourth-order valence-electron chi connectivity index (χ4n) is 0.874. The molecule has 1 radical (unpaired) electrons. The molecule has 0 atom stereocenters. The molecule has 0 rings (SSSR count). The van der Waals surface area contributed by atoms with Crippen molar-refractivity contribution in [1.82, 2.24) is 0 Å². The van der Waals surface area contributed by atoms with E-state index in [1.165, 1.54) is 26.4 Å². The summed E-state index contributed by atoms with van der Waals surface area (Å²) in [4.78, 5) is 10.6. The summed E-state index contributed by atoms with van der Waals surface area (Å²) in [5.41, 5.74) is 0. The summed E-state index contributed by atoms with van der Waals surface area (Å²) >= 11 is 0. The van der Waals surface area contributed by atoms with Crippen molar-refractivity contribution in [2.24, 2.45) is 0 Å². The topological polar surface area (TPSA) is 26.3 Å². The zero-order valence-electron chi connectivity index (χ0n) is 7.43. The summed E-state index contributed by atoms with van der Waals surface area (Å²) in [5.74, 6) is -0.207. The van der Waals surface area contributed by atoms with Crippen LogP contribution in [0.3, 0.4) is 0 Å². The van der Waals surface area contributed by atoms with Crippen molar-refractivity contribution in [3.8, 4) is 0 Å². The lowest BCUT2D eigenvalue weighted by Crippen LogP contribution is -2.00. The van der Waals surface area contributed by atoms with E-state index in [1.54, 1.807) is 6.42 Å². The Balaban J connectivity index is 2.95. The van der Waals surface area contributed by atoms with Crippen LogP contribution in [-0.4, -0.2) is 13.1 Å². The van der Waals surface area contributed by atoms with Crippen molar-refractivity contribution in [1.29, 1.82) is 0 Å². The highest BCUT2D eigenvalue weighted by Crippen LogP contribution is 2.04. The van der Waals surface area contributed by atoms with Crippen LogP contribution in [0.25, 0.3) is 0 Å². The molecule has 2 heteroatoms. The van der Waals surface area contributed by atoms with Gasteiger partial charge in [-0.2, -0.15) is 0 Å². The average Bonchev–Trinajstić information content (AvgIpc) is 2.04. The summed E-state index contributed by atoms with van der Waals surface area (Å²) in [6.45, 7) is 2.17. The third kappa shape index (κ3) is 7.37.